The second-order valence-corrected chi connectivity index (χ2v) is 5.36. The monoisotopic (exact) mass is 220 g/mol. The molecule has 16 heavy (non-hydrogen) atoms. The molecule has 0 saturated heterocycles. The van der Waals surface area contributed by atoms with E-state index in [1.165, 1.54) is 12.8 Å². The number of carbonyl (C=O) groups excluding carboxylic acids is 1. The van der Waals surface area contributed by atoms with E-state index in [2.05, 4.69) is 22.7 Å². The number of nitrogens with one attached hydrogen (secondary N) is 1. The maximum Gasteiger partial charge on any atom is 0.240 e. The van der Waals surface area contributed by atoms with Crippen molar-refractivity contribution in [1.82, 2.24) is 5.43 Å². The number of amides is 1. The van der Waals surface area contributed by atoms with E-state index >= 15 is 0 Å². The lowest BCUT2D eigenvalue weighted by atomic mass is 9.95. The van der Waals surface area contributed by atoms with Crippen molar-refractivity contribution >= 4 is 12.1 Å². The smallest absolute Gasteiger partial charge is 0.240 e. The molecule has 0 aromatic carbocycles. The molecule has 0 spiro atoms. The van der Waals surface area contributed by atoms with Gasteiger partial charge in [0.15, 0.2) is 0 Å². The minimum Gasteiger partial charge on any atom is -0.273 e. The molecule has 3 atom stereocenters. The molecule has 2 bridgehead atoms. The summed E-state index contributed by atoms with van der Waals surface area (Å²) in [6.07, 6.45) is 9.55. The molecule has 2 rings (SSSR count). The van der Waals surface area contributed by atoms with Crippen molar-refractivity contribution in [2.24, 2.45) is 28.8 Å². The normalized spacial score (nSPS) is 31.8. The summed E-state index contributed by atoms with van der Waals surface area (Å²) in [6, 6.07) is 0. The van der Waals surface area contributed by atoms with Gasteiger partial charge in [-0.3, -0.25) is 4.79 Å². The Labute approximate surface area is 97.0 Å². The van der Waals surface area contributed by atoms with Crippen LogP contribution in [0.5, 0.6) is 0 Å². The van der Waals surface area contributed by atoms with E-state index in [1.54, 1.807) is 0 Å². The van der Waals surface area contributed by atoms with Crippen molar-refractivity contribution in [3.8, 4) is 0 Å². The summed E-state index contributed by atoms with van der Waals surface area (Å²) in [6.45, 7) is 4.06. The summed E-state index contributed by atoms with van der Waals surface area (Å²) in [4.78, 5) is 11.3. The third-order valence-corrected chi connectivity index (χ3v) is 3.38. The van der Waals surface area contributed by atoms with Crippen molar-refractivity contribution < 1.29 is 4.79 Å². The van der Waals surface area contributed by atoms with Crippen LogP contribution in [0.25, 0.3) is 0 Å². The number of hydrazone groups is 1. The van der Waals surface area contributed by atoms with E-state index in [4.69, 9.17) is 0 Å². The van der Waals surface area contributed by atoms with Gasteiger partial charge < -0.3 is 0 Å². The van der Waals surface area contributed by atoms with Crippen LogP contribution >= 0.6 is 0 Å². The molecule has 2 aliphatic rings. The van der Waals surface area contributed by atoms with E-state index in [9.17, 15) is 4.79 Å². The van der Waals surface area contributed by atoms with Gasteiger partial charge in [-0.1, -0.05) is 26.0 Å². The Kier molecular flexibility index (Phi) is 3.42. The number of nitrogens with zero attached hydrogens (tertiary/aromatic N) is 1. The van der Waals surface area contributed by atoms with Crippen molar-refractivity contribution in [3.05, 3.63) is 12.2 Å². The summed E-state index contributed by atoms with van der Waals surface area (Å²) in [5.41, 5.74) is 2.61. The van der Waals surface area contributed by atoms with Crippen LogP contribution in [0.4, 0.5) is 0 Å². The Hall–Kier alpha value is -1.12. The lowest BCUT2D eigenvalue weighted by molar-refractivity contribution is -0.121. The van der Waals surface area contributed by atoms with E-state index in [0.717, 1.165) is 5.92 Å². The van der Waals surface area contributed by atoms with Gasteiger partial charge in [0.1, 0.15) is 0 Å². The van der Waals surface area contributed by atoms with Crippen molar-refractivity contribution in [3.63, 3.8) is 0 Å². The van der Waals surface area contributed by atoms with E-state index in [1.807, 2.05) is 20.1 Å². The first-order valence-electron chi connectivity index (χ1n) is 6.15. The summed E-state index contributed by atoms with van der Waals surface area (Å²) >= 11 is 0. The first-order chi connectivity index (χ1) is 7.65. The number of fused-ring (bicyclic) bond motifs is 2. The van der Waals surface area contributed by atoms with Crippen molar-refractivity contribution in [2.45, 2.75) is 33.1 Å². The highest BCUT2D eigenvalue weighted by Gasteiger charge is 2.34. The van der Waals surface area contributed by atoms with Gasteiger partial charge in [0, 0.05) is 18.6 Å². The summed E-state index contributed by atoms with van der Waals surface area (Å²) in [5.74, 6) is 2.36. The molecule has 3 unspecified atom stereocenters. The molecular weight excluding hydrogens is 200 g/mol. The second kappa shape index (κ2) is 4.81. The van der Waals surface area contributed by atoms with Crippen LogP contribution in [0.15, 0.2) is 17.3 Å². The molecular formula is C13H20N2O. The van der Waals surface area contributed by atoms with Crippen LogP contribution in [0, 0.1) is 23.7 Å². The van der Waals surface area contributed by atoms with Gasteiger partial charge in [-0.15, -0.1) is 0 Å². The first-order valence-corrected chi connectivity index (χ1v) is 6.15. The highest BCUT2D eigenvalue weighted by molar-refractivity contribution is 5.77. The van der Waals surface area contributed by atoms with Gasteiger partial charge in [0.05, 0.1) is 0 Å². The third-order valence-electron chi connectivity index (χ3n) is 3.38. The summed E-state index contributed by atoms with van der Waals surface area (Å²) < 4.78 is 0. The van der Waals surface area contributed by atoms with E-state index in [0.29, 0.717) is 24.2 Å². The Morgan fingerprint density at radius 1 is 1.50 bits per heavy atom. The summed E-state index contributed by atoms with van der Waals surface area (Å²) in [7, 11) is 0. The highest BCUT2D eigenvalue weighted by Crippen LogP contribution is 2.42. The number of carbonyl (C=O) groups is 1. The fourth-order valence-corrected chi connectivity index (χ4v) is 2.62. The zero-order valence-corrected chi connectivity index (χ0v) is 10.0. The zero-order chi connectivity index (χ0) is 11.5. The largest absolute Gasteiger partial charge is 0.273 e. The van der Waals surface area contributed by atoms with Gasteiger partial charge >= 0.3 is 0 Å². The SMILES string of the molecule is CC(C)CC(=O)N/N=C/C1CC2C=CC1C2. The van der Waals surface area contributed by atoms with Crippen molar-refractivity contribution in [1.29, 1.82) is 0 Å². The van der Waals surface area contributed by atoms with Crippen LogP contribution in [-0.2, 0) is 4.79 Å². The first kappa shape index (κ1) is 11.4. The lowest BCUT2D eigenvalue weighted by Crippen LogP contribution is -2.20. The molecule has 2 aliphatic carbocycles. The maximum absolute atomic E-state index is 11.3. The fourth-order valence-electron chi connectivity index (χ4n) is 2.62. The molecule has 0 aromatic heterocycles. The van der Waals surface area contributed by atoms with E-state index in [-0.39, 0.29) is 5.91 Å². The molecule has 0 heterocycles. The Balaban J connectivity index is 1.74. The average Bonchev–Trinajstić information content (AvgIpc) is 2.77. The molecule has 88 valence electrons. The Morgan fingerprint density at radius 3 is 2.88 bits per heavy atom. The van der Waals surface area contributed by atoms with Crippen LogP contribution < -0.4 is 5.43 Å². The fraction of sp³-hybridized carbons (Fsp3) is 0.692. The number of hydrogen-bond acceptors (Lipinski definition) is 2. The van der Waals surface area contributed by atoms with Crippen LogP contribution in [0.3, 0.4) is 0 Å². The highest BCUT2D eigenvalue weighted by atomic mass is 16.2. The molecule has 1 N–H and O–H groups in total. The standard InChI is InChI=1S/C13H20N2O/c1-9(2)5-13(16)15-14-8-12-7-10-3-4-11(12)6-10/h3-4,8-12H,5-7H2,1-2H3,(H,15,16)/b14-8+. The molecule has 1 amide bonds. The Morgan fingerprint density at radius 2 is 2.31 bits per heavy atom. The number of allylic oxidation sites excluding steroid dienone is 2. The predicted molar refractivity (Wildman–Crippen MR) is 64.9 cm³/mol. The number of rotatable bonds is 4. The minimum atomic E-state index is 0.0185. The van der Waals surface area contributed by atoms with Gasteiger partial charge in [-0.25, -0.2) is 5.43 Å². The third kappa shape index (κ3) is 2.71. The average molecular weight is 220 g/mol. The molecule has 0 aliphatic heterocycles. The van der Waals surface area contributed by atoms with Crippen LogP contribution in [0.2, 0.25) is 0 Å². The predicted octanol–water partition coefficient (Wildman–Crippen LogP) is 2.35. The minimum absolute atomic E-state index is 0.0185. The molecule has 3 nitrogen and oxygen atoms in total. The van der Waals surface area contributed by atoms with Gasteiger partial charge in [-0.05, 0) is 30.6 Å². The van der Waals surface area contributed by atoms with Gasteiger partial charge in [-0.2, -0.15) is 5.10 Å². The molecule has 1 saturated carbocycles. The van der Waals surface area contributed by atoms with Gasteiger partial charge in [0.25, 0.3) is 0 Å². The molecule has 1 fully saturated rings. The summed E-state index contributed by atoms with van der Waals surface area (Å²) in [5, 5.41) is 4.07. The topological polar surface area (TPSA) is 41.5 Å². The Bertz CT molecular complexity index is 320. The van der Waals surface area contributed by atoms with Crippen molar-refractivity contribution in [2.75, 3.05) is 0 Å². The van der Waals surface area contributed by atoms with Gasteiger partial charge in [0.2, 0.25) is 5.91 Å². The zero-order valence-electron chi connectivity index (χ0n) is 10.0. The van der Waals surface area contributed by atoms with E-state index < -0.39 is 0 Å². The number of hydrogen-bond donors (Lipinski definition) is 1. The molecule has 0 radical (unpaired) electrons. The quantitative estimate of drug-likeness (QED) is 0.441. The van der Waals surface area contributed by atoms with Crippen LogP contribution in [-0.4, -0.2) is 12.1 Å². The molecule has 3 heteroatoms. The maximum atomic E-state index is 11.3. The second-order valence-electron chi connectivity index (χ2n) is 5.36. The lowest BCUT2D eigenvalue weighted by Gasteiger charge is -2.12. The van der Waals surface area contributed by atoms with Crippen LogP contribution in [0.1, 0.15) is 33.1 Å². The molecule has 0 aromatic rings.